The van der Waals surface area contributed by atoms with E-state index in [1.165, 1.54) is 21.2 Å². The van der Waals surface area contributed by atoms with Crippen LogP contribution in [0.4, 0.5) is 0 Å². The molecule has 0 aromatic heterocycles. The quantitative estimate of drug-likeness (QED) is 0.0970. The minimum Gasteiger partial charge on any atom is -0.287 e. The SMILES string of the molecule is O=C(NN[C@H]1CCCC[C@@H]1NNC(=O)c1ccccc1P(c1ccccc1)c1ccccc1)c1ccccc1P(c1ccccc1)c1ccccc1. The first-order valence-corrected chi connectivity index (χ1v) is 20.5. The number of hydrogen-bond acceptors (Lipinski definition) is 4. The minimum absolute atomic E-state index is 0.0732. The predicted molar refractivity (Wildman–Crippen MR) is 218 cm³/mol. The van der Waals surface area contributed by atoms with E-state index >= 15 is 0 Å². The summed E-state index contributed by atoms with van der Waals surface area (Å²) in [6, 6.07) is 57.3. The third-order valence-electron chi connectivity index (χ3n) is 9.34. The van der Waals surface area contributed by atoms with E-state index in [0.717, 1.165) is 36.3 Å². The average molecular weight is 721 g/mol. The van der Waals surface area contributed by atoms with Crippen LogP contribution in [0.15, 0.2) is 170 Å². The Balaban J connectivity index is 1.06. The summed E-state index contributed by atoms with van der Waals surface area (Å²) in [5.41, 5.74) is 14.1. The van der Waals surface area contributed by atoms with Crippen LogP contribution in [0.3, 0.4) is 0 Å². The largest absolute Gasteiger partial charge is 0.287 e. The molecule has 0 radical (unpaired) electrons. The van der Waals surface area contributed by atoms with E-state index in [-0.39, 0.29) is 23.9 Å². The molecule has 1 aliphatic carbocycles. The van der Waals surface area contributed by atoms with Crippen molar-refractivity contribution in [3.8, 4) is 0 Å². The van der Waals surface area contributed by atoms with Gasteiger partial charge in [-0.05, 0) is 72.6 Å². The smallest absolute Gasteiger partial charge is 0.266 e. The first-order valence-electron chi connectivity index (χ1n) is 17.8. The standard InChI is InChI=1S/C44H42N4O2P2/c49-43(37-27-13-17-31-41(37)51(33-19-5-1-6-20-33)34-21-7-2-8-22-34)47-45-39-29-15-16-30-40(39)46-48-44(50)38-28-14-18-32-42(38)52(35-23-9-3-10-24-35)36-25-11-4-12-26-36/h1-14,17-28,31-32,39-40,45-46H,15-16,29-30H2,(H,47,49)(H,48,50)/t39-,40-/m0/s1. The summed E-state index contributed by atoms with van der Waals surface area (Å²) in [5, 5.41) is 6.75. The van der Waals surface area contributed by atoms with Gasteiger partial charge in [-0.25, -0.2) is 10.9 Å². The second kappa shape index (κ2) is 17.5. The van der Waals surface area contributed by atoms with E-state index in [4.69, 9.17) is 0 Å². The monoisotopic (exact) mass is 720 g/mol. The molecule has 1 aliphatic rings. The van der Waals surface area contributed by atoms with Crippen molar-refractivity contribution in [2.24, 2.45) is 0 Å². The van der Waals surface area contributed by atoms with E-state index in [2.05, 4.69) is 131 Å². The molecule has 1 fully saturated rings. The van der Waals surface area contributed by atoms with Crippen molar-refractivity contribution in [2.45, 2.75) is 37.8 Å². The van der Waals surface area contributed by atoms with E-state index in [0.29, 0.717) is 11.1 Å². The first kappa shape index (κ1) is 35.4. The van der Waals surface area contributed by atoms with E-state index in [9.17, 15) is 9.59 Å². The van der Waals surface area contributed by atoms with Crippen LogP contribution in [0.2, 0.25) is 0 Å². The van der Waals surface area contributed by atoms with Crippen LogP contribution in [0.5, 0.6) is 0 Å². The van der Waals surface area contributed by atoms with Gasteiger partial charge in [0.1, 0.15) is 0 Å². The fourth-order valence-corrected chi connectivity index (χ4v) is 11.7. The Hall–Kier alpha value is -4.96. The lowest BCUT2D eigenvalue weighted by Gasteiger charge is -2.33. The maximum absolute atomic E-state index is 13.9. The summed E-state index contributed by atoms with van der Waals surface area (Å²) in [4.78, 5) is 27.8. The molecule has 6 aromatic rings. The summed E-state index contributed by atoms with van der Waals surface area (Å²) in [6.07, 6.45) is 3.79. The Morgan fingerprint density at radius 3 is 1.02 bits per heavy atom. The zero-order valence-corrected chi connectivity index (χ0v) is 30.6. The van der Waals surface area contributed by atoms with Crippen molar-refractivity contribution < 1.29 is 9.59 Å². The van der Waals surface area contributed by atoms with Gasteiger partial charge in [0.15, 0.2) is 0 Å². The van der Waals surface area contributed by atoms with Crippen molar-refractivity contribution >= 4 is 59.5 Å². The van der Waals surface area contributed by atoms with Gasteiger partial charge in [0, 0.05) is 23.2 Å². The number of carbonyl (C=O) groups is 2. The lowest BCUT2D eigenvalue weighted by Crippen LogP contribution is -2.59. The third kappa shape index (κ3) is 8.39. The van der Waals surface area contributed by atoms with Gasteiger partial charge < -0.3 is 0 Å². The van der Waals surface area contributed by atoms with E-state index < -0.39 is 15.8 Å². The molecule has 52 heavy (non-hydrogen) atoms. The van der Waals surface area contributed by atoms with Crippen molar-refractivity contribution in [2.75, 3.05) is 0 Å². The van der Waals surface area contributed by atoms with Gasteiger partial charge in [0.25, 0.3) is 11.8 Å². The van der Waals surface area contributed by atoms with Gasteiger partial charge in [-0.1, -0.05) is 171 Å². The van der Waals surface area contributed by atoms with Crippen LogP contribution in [-0.2, 0) is 0 Å². The zero-order chi connectivity index (χ0) is 35.5. The second-order valence-corrected chi connectivity index (χ2v) is 17.1. The molecule has 1 saturated carbocycles. The lowest BCUT2D eigenvalue weighted by atomic mass is 9.91. The molecule has 0 spiro atoms. The molecule has 0 bridgehead atoms. The molecule has 0 heterocycles. The highest BCUT2D eigenvalue weighted by Gasteiger charge is 2.28. The number of hydrogen-bond donors (Lipinski definition) is 4. The number of benzene rings is 6. The maximum atomic E-state index is 13.9. The number of nitrogens with one attached hydrogen (secondary N) is 4. The summed E-state index contributed by atoms with van der Waals surface area (Å²) in [6.45, 7) is 0. The Morgan fingerprint density at radius 2 is 0.692 bits per heavy atom. The van der Waals surface area contributed by atoms with Crippen LogP contribution in [0.25, 0.3) is 0 Å². The summed E-state index contributed by atoms with van der Waals surface area (Å²) < 4.78 is 0. The maximum Gasteiger partial charge on any atom is 0.266 e. The topological polar surface area (TPSA) is 82.3 Å². The van der Waals surface area contributed by atoms with Crippen molar-refractivity contribution in [3.63, 3.8) is 0 Å². The molecule has 7 rings (SSSR count). The second-order valence-electron chi connectivity index (χ2n) is 12.7. The summed E-state index contributed by atoms with van der Waals surface area (Å²) in [5.74, 6) is -0.347. The highest BCUT2D eigenvalue weighted by molar-refractivity contribution is 7.80. The Bertz CT molecular complexity index is 1840. The van der Waals surface area contributed by atoms with Gasteiger partial charge in [-0.2, -0.15) is 0 Å². The van der Waals surface area contributed by atoms with E-state index in [1.54, 1.807) is 0 Å². The van der Waals surface area contributed by atoms with Crippen LogP contribution in [0, 0.1) is 0 Å². The van der Waals surface area contributed by atoms with Gasteiger partial charge >= 0.3 is 0 Å². The highest BCUT2D eigenvalue weighted by atomic mass is 31.1. The molecule has 8 heteroatoms. The van der Waals surface area contributed by atoms with Crippen LogP contribution >= 0.6 is 15.8 Å². The predicted octanol–water partition coefficient (Wildman–Crippen LogP) is 5.68. The Morgan fingerprint density at radius 1 is 0.404 bits per heavy atom. The summed E-state index contributed by atoms with van der Waals surface area (Å²) >= 11 is 0. The molecule has 0 saturated heterocycles. The van der Waals surface area contributed by atoms with Crippen molar-refractivity contribution in [1.82, 2.24) is 21.7 Å². The molecule has 6 aromatic carbocycles. The van der Waals surface area contributed by atoms with Gasteiger partial charge in [-0.15, -0.1) is 0 Å². The third-order valence-corrected chi connectivity index (χ3v) is 14.3. The fraction of sp³-hybridized carbons (Fsp3) is 0.136. The molecular weight excluding hydrogens is 678 g/mol. The normalized spacial score (nSPS) is 15.7. The molecule has 260 valence electrons. The van der Waals surface area contributed by atoms with Crippen LogP contribution in [-0.4, -0.2) is 23.9 Å². The number of rotatable bonds is 12. The lowest BCUT2D eigenvalue weighted by molar-refractivity contribution is 0.0880. The molecule has 4 N–H and O–H groups in total. The van der Waals surface area contributed by atoms with Crippen molar-refractivity contribution in [1.29, 1.82) is 0 Å². The van der Waals surface area contributed by atoms with Gasteiger partial charge in [0.2, 0.25) is 0 Å². The number of amides is 2. The average Bonchev–Trinajstić information content (AvgIpc) is 3.21. The summed E-state index contributed by atoms with van der Waals surface area (Å²) in [7, 11) is -1.91. The molecule has 0 unspecified atom stereocenters. The Kier molecular flexibility index (Phi) is 11.9. The fourth-order valence-electron chi connectivity index (χ4n) is 6.81. The van der Waals surface area contributed by atoms with Crippen molar-refractivity contribution in [3.05, 3.63) is 181 Å². The van der Waals surface area contributed by atoms with Gasteiger partial charge in [-0.3, -0.25) is 20.4 Å². The van der Waals surface area contributed by atoms with Crippen LogP contribution in [0.1, 0.15) is 46.4 Å². The zero-order valence-electron chi connectivity index (χ0n) is 28.9. The first-order chi connectivity index (χ1) is 25.7. The molecule has 6 nitrogen and oxygen atoms in total. The van der Waals surface area contributed by atoms with Crippen LogP contribution < -0.4 is 53.5 Å². The number of carbonyl (C=O) groups excluding carboxylic acids is 2. The minimum atomic E-state index is -0.953. The molecule has 0 aliphatic heterocycles. The molecule has 2 amide bonds. The number of hydrazine groups is 2. The highest BCUT2D eigenvalue weighted by Crippen LogP contribution is 2.35. The van der Waals surface area contributed by atoms with Gasteiger partial charge in [0.05, 0.1) is 0 Å². The molecular formula is C44H42N4O2P2. The Labute approximate surface area is 308 Å². The molecule has 2 atom stereocenters. The van der Waals surface area contributed by atoms with E-state index in [1.807, 2.05) is 60.7 Å².